The highest BCUT2D eigenvalue weighted by Gasteiger charge is 2.39. The molecule has 0 aliphatic heterocycles. The maximum atomic E-state index is 10.2. The van der Waals surface area contributed by atoms with E-state index in [1.165, 1.54) is 17.5 Å². The molecule has 0 radical (unpaired) electrons. The Morgan fingerprint density at radius 1 is 1.11 bits per heavy atom. The highest BCUT2D eigenvalue weighted by atomic mass is 16.5. The van der Waals surface area contributed by atoms with Crippen LogP contribution in [-0.2, 0) is 10.8 Å². The van der Waals surface area contributed by atoms with Crippen LogP contribution in [0.4, 0.5) is 0 Å². The van der Waals surface area contributed by atoms with Crippen molar-refractivity contribution in [2.75, 3.05) is 7.11 Å². The molecule has 1 aliphatic carbocycles. The van der Waals surface area contributed by atoms with Crippen LogP contribution in [-0.4, -0.2) is 12.2 Å². The van der Waals surface area contributed by atoms with E-state index in [1.807, 2.05) is 13.0 Å². The average molecular weight is 248 g/mol. The van der Waals surface area contributed by atoms with Gasteiger partial charge in [0.1, 0.15) is 0 Å². The molecule has 18 heavy (non-hydrogen) atoms. The van der Waals surface area contributed by atoms with Gasteiger partial charge in [-0.15, -0.1) is 0 Å². The summed E-state index contributed by atoms with van der Waals surface area (Å²) in [4.78, 5) is 0. The van der Waals surface area contributed by atoms with Gasteiger partial charge in [-0.25, -0.2) is 0 Å². The van der Waals surface area contributed by atoms with Crippen LogP contribution in [0, 0.1) is 6.92 Å². The summed E-state index contributed by atoms with van der Waals surface area (Å²) in [5.41, 5.74) is 3.88. The normalized spacial score (nSPS) is 20.3. The van der Waals surface area contributed by atoms with Gasteiger partial charge in [0.25, 0.3) is 0 Å². The maximum absolute atomic E-state index is 10.2. The van der Waals surface area contributed by atoms with E-state index < -0.39 is 0 Å². The minimum Gasteiger partial charge on any atom is -0.504 e. The first-order valence-corrected chi connectivity index (χ1v) is 6.62. The Morgan fingerprint density at radius 2 is 1.67 bits per heavy atom. The Hall–Kier alpha value is -1.18. The lowest BCUT2D eigenvalue weighted by molar-refractivity contribution is 0.319. The number of ether oxygens (including phenoxy) is 1. The van der Waals surface area contributed by atoms with E-state index in [9.17, 15) is 5.11 Å². The van der Waals surface area contributed by atoms with Crippen LogP contribution in [0.15, 0.2) is 6.07 Å². The van der Waals surface area contributed by atoms with E-state index in [0.717, 1.165) is 12.0 Å². The number of phenols is 1. The second kappa shape index (κ2) is 3.91. The summed E-state index contributed by atoms with van der Waals surface area (Å²) in [5.74, 6) is 0.888. The van der Waals surface area contributed by atoms with Crippen molar-refractivity contribution >= 4 is 0 Å². The molecule has 1 aromatic carbocycles. The highest BCUT2D eigenvalue weighted by molar-refractivity contribution is 5.58. The van der Waals surface area contributed by atoms with E-state index >= 15 is 0 Å². The molecule has 1 aromatic rings. The number of aromatic hydroxyl groups is 1. The smallest absolute Gasteiger partial charge is 0.161 e. The summed E-state index contributed by atoms with van der Waals surface area (Å²) in [6.45, 7) is 11.1. The van der Waals surface area contributed by atoms with Gasteiger partial charge in [-0.1, -0.05) is 27.7 Å². The molecule has 0 atom stereocenters. The van der Waals surface area contributed by atoms with Gasteiger partial charge in [0.15, 0.2) is 11.5 Å². The summed E-state index contributed by atoms with van der Waals surface area (Å²) in [6, 6.07) is 2.03. The maximum Gasteiger partial charge on any atom is 0.161 e. The molecule has 0 amide bonds. The Balaban J connectivity index is 2.80. The van der Waals surface area contributed by atoms with Crippen molar-refractivity contribution in [3.05, 3.63) is 22.8 Å². The van der Waals surface area contributed by atoms with Gasteiger partial charge in [-0.05, 0) is 53.4 Å². The third kappa shape index (κ3) is 1.79. The lowest BCUT2D eigenvalue weighted by Crippen LogP contribution is -2.34. The molecule has 0 aromatic heterocycles. The fourth-order valence-corrected chi connectivity index (χ4v) is 3.22. The predicted octanol–water partition coefficient (Wildman–Crippen LogP) is 4.06. The molecular formula is C16H24O2. The SMILES string of the molecule is COc1cc2c(c(C)c1O)C(C)(C)CCC2(C)C. The molecule has 0 spiro atoms. The Morgan fingerprint density at radius 3 is 2.22 bits per heavy atom. The van der Waals surface area contributed by atoms with E-state index in [4.69, 9.17) is 4.74 Å². The monoisotopic (exact) mass is 248 g/mol. The van der Waals surface area contributed by atoms with Crippen LogP contribution in [0.2, 0.25) is 0 Å². The predicted molar refractivity (Wildman–Crippen MR) is 74.7 cm³/mol. The van der Waals surface area contributed by atoms with Gasteiger partial charge in [0.05, 0.1) is 7.11 Å². The summed E-state index contributed by atoms with van der Waals surface area (Å²) < 4.78 is 5.30. The molecule has 0 bridgehead atoms. The lowest BCUT2D eigenvalue weighted by Gasteiger charge is -2.43. The van der Waals surface area contributed by atoms with Crippen LogP contribution in [0.25, 0.3) is 0 Å². The topological polar surface area (TPSA) is 29.5 Å². The van der Waals surface area contributed by atoms with Crippen molar-refractivity contribution in [3.63, 3.8) is 0 Å². The zero-order chi connectivity index (χ0) is 13.7. The number of hydrogen-bond donors (Lipinski definition) is 1. The molecular weight excluding hydrogens is 224 g/mol. The van der Waals surface area contributed by atoms with Gasteiger partial charge < -0.3 is 9.84 Å². The first kappa shape index (κ1) is 13.3. The molecule has 0 fully saturated rings. The van der Waals surface area contributed by atoms with Gasteiger partial charge in [0, 0.05) is 0 Å². The minimum absolute atomic E-state index is 0.124. The Bertz CT molecular complexity index is 484. The van der Waals surface area contributed by atoms with Crippen LogP contribution in [0.3, 0.4) is 0 Å². The standard InChI is InChI=1S/C16H24O2/c1-10-13-11(9-12(18-6)14(10)17)15(2,3)7-8-16(13,4)5/h9,17H,7-8H2,1-6H3. The largest absolute Gasteiger partial charge is 0.504 e. The Labute approximate surface area is 110 Å². The van der Waals surface area contributed by atoms with E-state index in [2.05, 4.69) is 27.7 Å². The van der Waals surface area contributed by atoms with E-state index in [0.29, 0.717) is 11.5 Å². The molecule has 1 N–H and O–H groups in total. The van der Waals surface area contributed by atoms with Gasteiger partial charge >= 0.3 is 0 Å². The molecule has 100 valence electrons. The van der Waals surface area contributed by atoms with Gasteiger partial charge in [-0.3, -0.25) is 0 Å². The molecule has 2 nitrogen and oxygen atoms in total. The van der Waals surface area contributed by atoms with Crippen LogP contribution >= 0.6 is 0 Å². The molecule has 0 saturated carbocycles. The van der Waals surface area contributed by atoms with Gasteiger partial charge in [0.2, 0.25) is 0 Å². The number of benzene rings is 1. The zero-order valence-corrected chi connectivity index (χ0v) is 12.3. The van der Waals surface area contributed by atoms with Crippen molar-refractivity contribution in [2.45, 2.75) is 58.3 Å². The highest BCUT2D eigenvalue weighted by Crippen LogP contribution is 2.51. The second-order valence-electron chi connectivity index (χ2n) is 6.74. The van der Waals surface area contributed by atoms with Crippen LogP contribution in [0.1, 0.15) is 57.2 Å². The number of methoxy groups -OCH3 is 1. The summed E-state index contributed by atoms with van der Waals surface area (Å²) in [5, 5.41) is 10.2. The van der Waals surface area contributed by atoms with Crippen molar-refractivity contribution in [2.24, 2.45) is 0 Å². The van der Waals surface area contributed by atoms with E-state index in [-0.39, 0.29) is 10.8 Å². The molecule has 1 aliphatic rings. The third-order valence-electron chi connectivity index (χ3n) is 4.51. The number of fused-ring (bicyclic) bond motifs is 1. The van der Waals surface area contributed by atoms with Crippen molar-refractivity contribution in [3.8, 4) is 11.5 Å². The summed E-state index contributed by atoms with van der Waals surface area (Å²) in [7, 11) is 1.61. The van der Waals surface area contributed by atoms with Crippen molar-refractivity contribution in [1.82, 2.24) is 0 Å². The quantitative estimate of drug-likeness (QED) is 0.812. The fraction of sp³-hybridized carbons (Fsp3) is 0.625. The molecule has 0 unspecified atom stereocenters. The molecule has 2 heteroatoms. The number of phenolic OH excluding ortho intramolecular Hbond substituents is 1. The second-order valence-corrected chi connectivity index (χ2v) is 6.74. The Kier molecular flexibility index (Phi) is 2.88. The fourth-order valence-electron chi connectivity index (χ4n) is 3.22. The van der Waals surface area contributed by atoms with Gasteiger partial charge in [-0.2, -0.15) is 0 Å². The summed E-state index contributed by atoms with van der Waals surface area (Å²) >= 11 is 0. The third-order valence-corrected chi connectivity index (χ3v) is 4.51. The summed E-state index contributed by atoms with van der Waals surface area (Å²) in [6.07, 6.45) is 2.32. The first-order valence-electron chi connectivity index (χ1n) is 6.62. The average Bonchev–Trinajstić information content (AvgIpc) is 2.28. The van der Waals surface area contributed by atoms with E-state index in [1.54, 1.807) is 7.11 Å². The first-order chi connectivity index (χ1) is 8.20. The lowest BCUT2D eigenvalue weighted by atomic mass is 9.62. The number of hydrogen-bond acceptors (Lipinski definition) is 2. The number of rotatable bonds is 1. The molecule has 2 rings (SSSR count). The molecule has 0 saturated heterocycles. The minimum atomic E-state index is 0.124. The van der Waals surface area contributed by atoms with Crippen molar-refractivity contribution < 1.29 is 9.84 Å². The van der Waals surface area contributed by atoms with Crippen molar-refractivity contribution in [1.29, 1.82) is 0 Å². The van der Waals surface area contributed by atoms with Crippen LogP contribution < -0.4 is 4.74 Å². The molecule has 0 heterocycles. The van der Waals surface area contributed by atoms with Crippen LogP contribution in [0.5, 0.6) is 11.5 Å². The zero-order valence-electron chi connectivity index (χ0n) is 12.3.